The number of nitrogens with zero attached hydrogens (tertiary/aromatic N) is 3. The second-order valence-electron chi connectivity index (χ2n) is 6.71. The van der Waals surface area contributed by atoms with Crippen LogP contribution in [0.25, 0.3) is 11.4 Å². The zero-order valence-electron chi connectivity index (χ0n) is 16.0. The van der Waals surface area contributed by atoms with Crippen molar-refractivity contribution >= 4 is 29.3 Å². The van der Waals surface area contributed by atoms with Gasteiger partial charge >= 0.3 is 0 Å². The van der Waals surface area contributed by atoms with E-state index in [-0.39, 0.29) is 0 Å². The first-order valence-corrected chi connectivity index (χ1v) is 10.7. The minimum atomic E-state index is -0.429. The van der Waals surface area contributed by atoms with Crippen molar-refractivity contribution in [1.29, 1.82) is 0 Å². The second kappa shape index (κ2) is 9.15. The molecule has 3 aromatic carbocycles. The fraction of sp³-hybridized carbons (Fsp3) is 0.0870. The molecule has 0 unspecified atom stereocenters. The molecular formula is C23H19ClN4OS. The summed E-state index contributed by atoms with van der Waals surface area (Å²) in [6, 6.07) is 25.1. The van der Waals surface area contributed by atoms with Gasteiger partial charge in [0.2, 0.25) is 5.91 Å². The molecule has 30 heavy (non-hydrogen) atoms. The molecule has 0 atom stereocenters. The molecule has 1 aromatic heterocycles. The highest BCUT2D eigenvalue weighted by molar-refractivity contribution is 7.98. The topological polar surface area (TPSA) is 73.8 Å². The van der Waals surface area contributed by atoms with Crippen LogP contribution in [0.15, 0.2) is 84.0 Å². The Morgan fingerprint density at radius 1 is 0.900 bits per heavy atom. The predicted molar refractivity (Wildman–Crippen MR) is 121 cm³/mol. The number of primary amides is 1. The van der Waals surface area contributed by atoms with E-state index in [1.807, 2.05) is 54.6 Å². The third kappa shape index (κ3) is 4.56. The molecule has 150 valence electrons. The van der Waals surface area contributed by atoms with Crippen LogP contribution in [0.4, 0.5) is 0 Å². The van der Waals surface area contributed by atoms with E-state index in [9.17, 15) is 4.79 Å². The Hall–Kier alpha value is -3.09. The van der Waals surface area contributed by atoms with Gasteiger partial charge in [-0.15, -0.1) is 10.2 Å². The van der Waals surface area contributed by atoms with Crippen LogP contribution in [-0.2, 0) is 12.3 Å². The lowest BCUT2D eigenvalue weighted by Gasteiger charge is -2.11. The maximum absolute atomic E-state index is 11.3. The highest BCUT2D eigenvalue weighted by Crippen LogP contribution is 2.31. The molecule has 0 aliphatic rings. The van der Waals surface area contributed by atoms with E-state index in [0.29, 0.717) is 22.9 Å². The van der Waals surface area contributed by atoms with E-state index in [0.717, 1.165) is 27.7 Å². The summed E-state index contributed by atoms with van der Waals surface area (Å²) in [5, 5.41) is 10.3. The summed E-state index contributed by atoms with van der Waals surface area (Å²) in [4.78, 5) is 11.3. The molecule has 1 heterocycles. The standard InChI is InChI=1S/C23H19ClN4OS/c24-20-9-5-4-8-19(20)22-26-27-23(28(22)14-16-6-2-1-3-7-16)30-15-17-10-12-18(13-11-17)21(25)29/h1-13H,14-15H2,(H2,25,29). The second-order valence-corrected chi connectivity index (χ2v) is 8.06. The number of benzene rings is 3. The normalized spacial score (nSPS) is 10.8. The molecule has 1 amide bonds. The molecule has 0 aliphatic heterocycles. The van der Waals surface area contributed by atoms with Gasteiger partial charge in [0.1, 0.15) is 0 Å². The number of halogens is 1. The van der Waals surface area contributed by atoms with Gasteiger partial charge in [0.25, 0.3) is 0 Å². The average molecular weight is 435 g/mol. The lowest BCUT2D eigenvalue weighted by Crippen LogP contribution is -2.10. The number of carbonyl (C=O) groups is 1. The van der Waals surface area contributed by atoms with Crippen molar-refractivity contribution in [3.05, 3.63) is 101 Å². The molecule has 0 saturated carbocycles. The number of hydrogen-bond donors (Lipinski definition) is 1. The Kier molecular flexibility index (Phi) is 6.16. The summed E-state index contributed by atoms with van der Waals surface area (Å²) in [5.74, 6) is 0.992. The van der Waals surface area contributed by atoms with Gasteiger partial charge in [-0.2, -0.15) is 0 Å². The number of rotatable bonds is 7. The van der Waals surface area contributed by atoms with E-state index >= 15 is 0 Å². The first-order valence-electron chi connectivity index (χ1n) is 9.35. The van der Waals surface area contributed by atoms with Crippen molar-refractivity contribution in [3.63, 3.8) is 0 Å². The van der Waals surface area contributed by atoms with E-state index in [2.05, 4.69) is 26.9 Å². The van der Waals surface area contributed by atoms with Gasteiger partial charge in [-0.25, -0.2) is 0 Å². The Balaban J connectivity index is 1.63. The quantitative estimate of drug-likeness (QED) is 0.413. The van der Waals surface area contributed by atoms with Crippen LogP contribution in [0, 0.1) is 0 Å². The lowest BCUT2D eigenvalue weighted by molar-refractivity contribution is 0.100. The number of thioether (sulfide) groups is 1. The van der Waals surface area contributed by atoms with Gasteiger partial charge in [0.05, 0.1) is 11.6 Å². The third-order valence-electron chi connectivity index (χ3n) is 4.62. The molecule has 5 nitrogen and oxygen atoms in total. The lowest BCUT2D eigenvalue weighted by atomic mass is 10.1. The Labute approximate surface area is 183 Å². The Morgan fingerprint density at radius 3 is 2.30 bits per heavy atom. The summed E-state index contributed by atoms with van der Waals surface area (Å²) >= 11 is 8.02. The highest BCUT2D eigenvalue weighted by Gasteiger charge is 2.17. The number of amides is 1. The monoisotopic (exact) mass is 434 g/mol. The zero-order valence-corrected chi connectivity index (χ0v) is 17.6. The van der Waals surface area contributed by atoms with Crippen LogP contribution in [0.2, 0.25) is 5.02 Å². The zero-order chi connectivity index (χ0) is 20.9. The molecule has 0 spiro atoms. The highest BCUT2D eigenvalue weighted by atomic mass is 35.5. The Bertz CT molecular complexity index is 1160. The molecule has 4 aromatic rings. The summed E-state index contributed by atoms with van der Waals surface area (Å²) in [6.07, 6.45) is 0. The van der Waals surface area contributed by atoms with Gasteiger partial charge in [-0.1, -0.05) is 78.0 Å². The summed E-state index contributed by atoms with van der Waals surface area (Å²) < 4.78 is 2.08. The molecule has 0 saturated heterocycles. The van der Waals surface area contributed by atoms with Gasteiger partial charge < -0.3 is 5.73 Å². The van der Waals surface area contributed by atoms with Crippen molar-refractivity contribution in [3.8, 4) is 11.4 Å². The van der Waals surface area contributed by atoms with Crippen LogP contribution < -0.4 is 5.73 Å². The maximum Gasteiger partial charge on any atom is 0.248 e. The first kappa shape index (κ1) is 20.2. The van der Waals surface area contributed by atoms with Crippen molar-refractivity contribution in [2.45, 2.75) is 17.5 Å². The van der Waals surface area contributed by atoms with Crippen LogP contribution in [-0.4, -0.2) is 20.7 Å². The minimum Gasteiger partial charge on any atom is -0.366 e. The van der Waals surface area contributed by atoms with Gasteiger partial charge in [0, 0.05) is 16.9 Å². The molecule has 0 aliphatic carbocycles. The smallest absolute Gasteiger partial charge is 0.248 e. The minimum absolute atomic E-state index is 0.429. The largest absolute Gasteiger partial charge is 0.366 e. The van der Waals surface area contributed by atoms with Crippen LogP contribution in [0.5, 0.6) is 0 Å². The van der Waals surface area contributed by atoms with E-state index in [1.165, 1.54) is 0 Å². The van der Waals surface area contributed by atoms with E-state index in [1.54, 1.807) is 23.9 Å². The van der Waals surface area contributed by atoms with Crippen molar-refractivity contribution < 1.29 is 4.79 Å². The maximum atomic E-state index is 11.3. The summed E-state index contributed by atoms with van der Waals surface area (Å²) in [6.45, 7) is 0.636. The fourth-order valence-corrected chi connectivity index (χ4v) is 4.17. The van der Waals surface area contributed by atoms with E-state index in [4.69, 9.17) is 17.3 Å². The first-order chi connectivity index (χ1) is 14.6. The van der Waals surface area contributed by atoms with Crippen molar-refractivity contribution in [2.24, 2.45) is 5.73 Å². The number of hydrogen-bond acceptors (Lipinski definition) is 4. The fourth-order valence-electron chi connectivity index (χ4n) is 3.06. The molecule has 0 radical (unpaired) electrons. The van der Waals surface area contributed by atoms with E-state index < -0.39 is 5.91 Å². The molecule has 0 bridgehead atoms. The van der Waals surface area contributed by atoms with Crippen molar-refractivity contribution in [1.82, 2.24) is 14.8 Å². The average Bonchev–Trinajstić information content (AvgIpc) is 3.15. The molecular weight excluding hydrogens is 416 g/mol. The summed E-state index contributed by atoms with van der Waals surface area (Å²) in [5.41, 5.74) is 8.88. The Morgan fingerprint density at radius 2 is 1.60 bits per heavy atom. The SMILES string of the molecule is NC(=O)c1ccc(CSc2nnc(-c3ccccc3Cl)n2Cc2ccccc2)cc1. The third-order valence-corrected chi connectivity index (χ3v) is 5.99. The number of carbonyl (C=O) groups excluding carboxylic acids is 1. The predicted octanol–water partition coefficient (Wildman–Crippen LogP) is 5.04. The van der Waals surface area contributed by atoms with Crippen molar-refractivity contribution in [2.75, 3.05) is 0 Å². The molecule has 4 rings (SSSR count). The molecule has 7 heteroatoms. The van der Waals surface area contributed by atoms with Gasteiger partial charge in [-0.3, -0.25) is 9.36 Å². The number of aromatic nitrogens is 3. The van der Waals surface area contributed by atoms with Gasteiger partial charge in [-0.05, 0) is 35.4 Å². The number of nitrogens with two attached hydrogens (primary N) is 1. The van der Waals surface area contributed by atoms with Gasteiger partial charge in [0.15, 0.2) is 11.0 Å². The molecule has 2 N–H and O–H groups in total. The van der Waals surface area contributed by atoms with Crippen LogP contribution >= 0.6 is 23.4 Å². The molecule has 0 fully saturated rings. The summed E-state index contributed by atoms with van der Waals surface area (Å²) in [7, 11) is 0. The van der Waals surface area contributed by atoms with Crippen LogP contribution in [0.1, 0.15) is 21.5 Å². The van der Waals surface area contributed by atoms with Crippen LogP contribution in [0.3, 0.4) is 0 Å².